The lowest BCUT2D eigenvalue weighted by molar-refractivity contribution is -0.124. The van der Waals surface area contributed by atoms with Crippen LogP contribution in [-0.2, 0) is 9.53 Å². The van der Waals surface area contributed by atoms with Gasteiger partial charge < -0.3 is 29.0 Å². The molecule has 0 saturated heterocycles. The van der Waals surface area contributed by atoms with E-state index in [4.69, 9.17) is 23.7 Å². The Morgan fingerprint density at radius 2 is 1.52 bits per heavy atom. The Kier molecular flexibility index (Phi) is 7.70. The number of nitrogens with one attached hydrogen (secondary N) is 1. The topological polar surface area (TPSA) is 92.3 Å². The lowest BCUT2D eigenvalue weighted by atomic mass is 10.1. The van der Waals surface area contributed by atoms with E-state index in [1.54, 1.807) is 45.4 Å². The minimum Gasteiger partial charge on any atom is -0.497 e. The largest absolute Gasteiger partial charge is 0.497 e. The summed E-state index contributed by atoms with van der Waals surface area (Å²) in [7, 11) is 6.07. The van der Waals surface area contributed by atoms with Gasteiger partial charge in [-0.05, 0) is 43.3 Å². The van der Waals surface area contributed by atoms with E-state index < -0.39 is 18.5 Å². The molecule has 0 aliphatic rings. The number of benzene rings is 2. The molecule has 0 bridgehead atoms. The Hall–Kier alpha value is -3.42. The third-order valence-corrected chi connectivity index (χ3v) is 4.23. The number of amides is 1. The van der Waals surface area contributed by atoms with Gasteiger partial charge in [-0.15, -0.1) is 0 Å². The Morgan fingerprint density at radius 1 is 0.862 bits per heavy atom. The highest BCUT2D eigenvalue weighted by molar-refractivity contribution is 5.92. The van der Waals surface area contributed by atoms with E-state index in [-0.39, 0.29) is 11.6 Å². The molecular weight excluding hydrogens is 378 g/mol. The van der Waals surface area contributed by atoms with Gasteiger partial charge in [0.05, 0.1) is 40.0 Å². The van der Waals surface area contributed by atoms with Crippen LogP contribution < -0.4 is 24.3 Å². The van der Waals surface area contributed by atoms with E-state index in [2.05, 4.69) is 5.32 Å². The van der Waals surface area contributed by atoms with E-state index in [1.807, 2.05) is 0 Å². The first-order valence-corrected chi connectivity index (χ1v) is 8.83. The predicted octanol–water partition coefficient (Wildman–Crippen LogP) is 2.76. The molecule has 0 unspecified atom stereocenters. The molecule has 2 rings (SSSR count). The highest BCUT2D eigenvalue weighted by Gasteiger charge is 2.17. The maximum atomic E-state index is 12.2. The van der Waals surface area contributed by atoms with Crippen LogP contribution in [-0.4, -0.2) is 46.9 Å². The summed E-state index contributed by atoms with van der Waals surface area (Å²) in [6, 6.07) is 9.53. The van der Waals surface area contributed by atoms with Crippen molar-refractivity contribution >= 4 is 11.9 Å². The minimum atomic E-state index is -0.646. The molecule has 0 fully saturated rings. The molecule has 0 heterocycles. The zero-order valence-corrected chi connectivity index (χ0v) is 17.1. The third-order valence-electron chi connectivity index (χ3n) is 4.23. The first kappa shape index (κ1) is 21.9. The molecule has 1 amide bonds. The summed E-state index contributed by atoms with van der Waals surface area (Å²) >= 11 is 0. The second-order valence-corrected chi connectivity index (χ2v) is 6.04. The van der Waals surface area contributed by atoms with Gasteiger partial charge in [-0.25, -0.2) is 4.79 Å². The molecule has 0 aliphatic carbocycles. The Balaban J connectivity index is 1.98. The maximum Gasteiger partial charge on any atom is 0.338 e. The summed E-state index contributed by atoms with van der Waals surface area (Å²) in [5.74, 6) is 1.04. The molecule has 8 nitrogen and oxygen atoms in total. The normalized spacial score (nSPS) is 11.2. The number of rotatable bonds is 9. The fraction of sp³-hybridized carbons (Fsp3) is 0.333. The molecule has 8 heteroatoms. The van der Waals surface area contributed by atoms with E-state index in [9.17, 15) is 9.59 Å². The molecule has 156 valence electrons. The number of carbonyl (C=O) groups is 2. The second kappa shape index (κ2) is 10.2. The average Bonchev–Trinajstić information content (AvgIpc) is 2.76. The smallest absolute Gasteiger partial charge is 0.338 e. The minimum absolute atomic E-state index is 0.248. The summed E-state index contributed by atoms with van der Waals surface area (Å²) < 4.78 is 25.9. The summed E-state index contributed by atoms with van der Waals surface area (Å²) in [5, 5.41) is 2.77. The fourth-order valence-electron chi connectivity index (χ4n) is 2.72. The monoisotopic (exact) mass is 403 g/mol. The predicted molar refractivity (Wildman–Crippen MR) is 106 cm³/mol. The van der Waals surface area contributed by atoms with Gasteiger partial charge in [0.2, 0.25) is 0 Å². The standard InChI is InChI=1S/C21H25NO7/c1-13(16-11-15(25-2)7-9-17(16)26-3)22-20(23)12-29-21(24)14-6-8-18(27-4)19(10-14)28-5/h6-11,13H,12H2,1-5H3,(H,22,23)/t13-/m0/s1. The zero-order valence-electron chi connectivity index (χ0n) is 17.1. The van der Waals surface area contributed by atoms with Gasteiger partial charge in [0.15, 0.2) is 18.1 Å². The molecule has 0 aromatic heterocycles. The van der Waals surface area contributed by atoms with Gasteiger partial charge in [-0.2, -0.15) is 0 Å². The van der Waals surface area contributed by atoms with Gasteiger partial charge in [0.25, 0.3) is 5.91 Å². The van der Waals surface area contributed by atoms with Gasteiger partial charge in [-0.3, -0.25) is 4.79 Å². The third kappa shape index (κ3) is 5.54. The van der Waals surface area contributed by atoms with Crippen molar-refractivity contribution in [2.45, 2.75) is 13.0 Å². The van der Waals surface area contributed by atoms with Crippen LogP contribution in [0.1, 0.15) is 28.9 Å². The van der Waals surface area contributed by atoms with Crippen molar-refractivity contribution in [2.24, 2.45) is 0 Å². The van der Waals surface area contributed by atoms with Crippen molar-refractivity contribution in [1.29, 1.82) is 0 Å². The molecule has 1 N–H and O–H groups in total. The van der Waals surface area contributed by atoms with E-state index in [1.165, 1.54) is 26.4 Å². The van der Waals surface area contributed by atoms with Gasteiger partial charge in [0.1, 0.15) is 11.5 Å². The van der Waals surface area contributed by atoms with Crippen LogP contribution in [0.3, 0.4) is 0 Å². The molecular formula is C21H25NO7. The van der Waals surface area contributed by atoms with E-state index in [0.29, 0.717) is 23.0 Å². The Labute approximate surface area is 169 Å². The molecule has 2 aromatic carbocycles. The molecule has 0 radical (unpaired) electrons. The summed E-state index contributed by atoms with van der Waals surface area (Å²) in [4.78, 5) is 24.5. The van der Waals surface area contributed by atoms with Crippen LogP contribution in [0.5, 0.6) is 23.0 Å². The molecule has 0 spiro atoms. The number of ether oxygens (including phenoxy) is 5. The van der Waals surface area contributed by atoms with Crippen LogP contribution in [0.25, 0.3) is 0 Å². The van der Waals surface area contributed by atoms with Crippen LogP contribution in [0.2, 0.25) is 0 Å². The number of carbonyl (C=O) groups excluding carboxylic acids is 2. The van der Waals surface area contributed by atoms with Crippen molar-refractivity contribution in [3.8, 4) is 23.0 Å². The number of hydrogen-bond donors (Lipinski definition) is 1. The quantitative estimate of drug-likeness (QED) is 0.644. The van der Waals surface area contributed by atoms with E-state index >= 15 is 0 Å². The van der Waals surface area contributed by atoms with Crippen LogP contribution in [0.4, 0.5) is 0 Å². The number of hydrogen-bond acceptors (Lipinski definition) is 7. The number of methoxy groups -OCH3 is 4. The highest BCUT2D eigenvalue weighted by Crippen LogP contribution is 2.29. The summed E-state index contributed by atoms with van der Waals surface area (Å²) in [6.45, 7) is 1.37. The molecule has 0 aliphatic heterocycles. The zero-order chi connectivity index (χ0) is 21.4. The number of esters is 1. The van der Waals surface area contributed by atoms with Crippen LogP contribution >= 0.6 is 0 Å². The first-order valence-electron chi connectivity index (χ1n) is 8.83. The van der Waals surface area contributed by atoms with Gasteiger partial charge in [-0.1, -0.05) is 0 Å². The molecule has 2 aromatic rings. The summed E-state index contributed by atoms with van der Waals surface area (Å²) in [5.41, 5.74) is 0.990. The van der Waals surface area contributed by atoms with Crippen molar-refractivity contribution in [1.82, 2.24) is 5.32 Å². The van der Waals surface area contributed by atoms with Crippen molar-refractivity contribution < 1.29 is 33.3 Å². The van der Waals surface area contributed by atoms with Crippen LogP contribution in [0, 0.1) is 0 Å². The Bertz CT molecular complexity index is 866. The van der Waals surface area contributed by atoms with Crippen molar-refractivity contribution in [3.05, 3.63) is 47.5 Å². The van der Waals surface area contributed by atoms with Gasteiger partial charge >= 0.3 is 5.97 Å². The summed E-state index contributed by atoms with van der Waals surface area (Å²) in [6.07, 6.45) is 0. The van der Waals surface area contributed by atoms with Crippen LogP contribution in [0.15, 0.2) is 36.4 Å². The van der Waals surface area contributed by atoms with Crippen molar-refractivity contribution in [3.63, 3.8) is 0 Å². The lowest BCUT2D eigenvalue weighted by Gasteiger charge is -2.18. The molecule has 0 saturated carbocycles. The second-order valence-electron chi connectivity index (χ2n) is 6.04. The van der Waals surface area contributed by atoms with Gasteiger partial charge in [0, 0.05) is 5.56 Å². The first-order chi connectivity index (χ1) is 13.9. The highest BCUT2D eigenvalue weighted by atomic mass is 16.5. The molecule has 1 atom stereocenters. The van der Waals surface area contributed by atoms with Crippen molar-refractivity contribution in [2.75, 3.05) is 35.0 Å². The Morgan fingerprint density at radius 3 is 2.14 bits per heavy atom. The fourth-order valence-corrected chi connectivity index (χ4v) is 2.72. The molecule has 29 heavy (non-hydrogen) atoms. The lowest BCUT2D eigenvalue weighted by Crippen LogP contribution is -2.31. The maximum absolute atomic E-state index is 12.2. The van der Waals surface area contributed by atoms with E-state index in [0.717, 1.165) is 5.56 Å². The SMILES string of the molecule is COc1ccc(OC)c([C@H](C)NC(=O)COC(=O)c2ccc(OC)c(OC)c2)c1. The average molecular weight is 403 g/mol.